The molecular weight excluding hydrogens is 372 g/mol. The molecule has 2 aromatic heterocycles. The van der Waals surface area contributed by atoms with E-state index < -0.39 is 0 Å². The van der Waals surface area contributed by atoms with Crippen molar-refractivity contribution < 1.29 is 0 Å². The molecule has 30 heavy (non-hydrogen) atoms. The maximum Gasteiger partial charge on any atom is 0.128 e. The molecule has 6 heteroatoms. The van der Waals surface area contributed by atoms with Crippen molar-refractivity contribution in [2.75, 3.05) is 62.2 Å². The topological polar surface area (TPSA) is 56.3 Å². The van der Waals surface area contributed by atoms with E-state index in [0.717, 1.165) is 86.8 Å². The number of piperazine rings is 1. The number of rotatable bonds is 3. The van der Waals surface area contributed by atoms with Crippen LogP contribution in [0.25, 0.3) is 22.2 Å². The first-order chi connectivity index (χ1) is 14.8. The van der Waals surface area contributed by atoms with E-state index in [1.807, 2.05) is 6.20 Å². The van der Waals surface area contributed by atoms with Gasteiger partial charge in [-0.2, -0.15) is 0 Å². The fourth-order valence-electron chi connectivity index (χ4n) is 5.24. The van der Waals surface area contributed by atoms with E-state index in [9.17, 15) is 0 Å². The zero-order valence-corrected chi connectivity index (χ0v) is 17.2. The highest BCUT2D eigenvalue weighted by molar-refractivity contribution is 5.94. The lowest BCUT2D eigenvalue weighted by atomic mass is 10.0. The summed E-state index contributed by atoms with van der Waals surface area (Å²) in [5, 5.41) is 8.20. The van der Waals surface area contributed by atoms with Crippen LogP contribution in [0.2, 0.25) is 0 Å². The lowest BCUT2D eigenvalue weighted by Gasteiger charge is -2.28. The van der Waals surface area contributed by atoms with Crippen molar-refractivity contribution in [3.63, 3.8) is 0 Å². The average molecular weight is 401 g/mol. The molecule has 0 radical (unpaired) electrons. The smallest absolute Gasteiger partial charge is 0.128 e. The minimum atomic E-state index is 0.764. The van der Waals surface area contributed by atoms with Gasteiger partial charge in [0.2, 0.25) is 0 Å². The van der Waals surface area contributed by atoms with Gasteiger partial charge in [-0.25, -0.2) is 9.97 Å². The van der Waals surface area contributed by atoms with Crippen molar-refractivity contribution in [2.45, 2.75) is 0 Å². The maximum atomic E-state index is 4.99. The zero-order chi connectivity index (χ0) is 19.9. The summed E-state index contributed by atoms with van der Waals surface area (Å²) >= 11 is 0. The van der Waals surface area contributed by atoms with E-state index >= 15 is 0 Å². The Balaban J connectivity index is 1.35. The second-order valence-electron chi connectivity index (χ2n) is 8.77. The van der Waals surface area contributed by atoms with Crippen molar-refractivity contribution in [1.82, 2.24) is 20.6 Å². The molecule has 3 aliphatic heterocycles. The van der Waals surface area contributed by atoms with Crippen molar-refractivity contribution in [3.8, 4) is 11.3 Å². The van der Waals surface area contributed by atoms with Gasteiger partial charge in [-0.15, -0.1) is 0 Å². The summed E-state index contributed by atoms with van der Waals surface area (Å²) in [6.07, 6.45) is 1.99. The van der Waals surface area contributed by atoms with Crippen LogP contribution in [0.4, 0.5) is 11.5 Å². The maximum absolute atomic E-state index is 4.99. The number of hydrogen-bond acceptors (Lipinski definition) is 6. The predicted octanol–water partition coefficient (Wildman–Crippen LogP) is 2.36. The van der Waals surface area contributed by atoms with Gasteiger partial charge in [-0.05, 0) is 36.1 Å². The Kier molecular flexibility index (Phi) is 4.54. The highest BCUT2D eigenvalue weighted by Gasteiger charge is 2.36. The Labute approximate surface area is 177 Å². The normalized spacial score (nSPS) is 23.9. The van der Waals surface area contributed by atoms with Gasteiger partial charge in [0.25, 0.3) is 0 Å². The monoisotopic (exact) mass is 400 g/mol. The fraction of sp³-hybridized carbons (Fsp3) is 0.417. The van der Waals surface area contributed by atoms with Crippen molar-refractivity contribution in [2.24, 2.45) is 11.8 Å². The van der Waals surface area contributed by atoms with E-state index in [1.165, 1.54) is 11.1 Å². The van der Waals surface area contributed by atoms with Crippen LogP contribution in [0, 0.1) is 11.8 Å². The SMILES string of the molecule is c1ccc2c(N3CC4CNCC4C3)cc(-c3ccc(N4CCNCC4)nc3)nc2c1. The van der Waals surface area contributed by atoms with Gasteiger partial charge in [0.05, 0.1) is 11.2 Å². The molecule has 0 bridgehead atoms. The minimum Gasteiger partial charge on any atom is -0.370 e. The molecule has 2 unspecified atom stereocenters. The van der Waals surface area contributed by atoms with E-state index in [1.54, 1.807) is 0 Å². The highest BCUT2D eigenvalue weighted by Crippen LogP contribution is 2.36. The number of pyridine rings is 2. The highest BCUT2D eigenvalue weighted by atomic mass is 15.2. The van der Waals surface area contributed by atoms with E-state index in [0.29, 0.717) is 0 Å². The van der Waals surface area contributed by atoms with Crippen LogP contribution in [0.15, 0.2) is 48.7 Å². The number of fused-ring (bicyclic) bond motifs is 2. The molecule has 154 valence electrons. The first kappa shape index (κ1) is 18.1. The molecule has 0 amide bonds. The van der Waals surface area contributed by atoms with Gasteiger partial charge < -0.3 is 20.4 Å². The molecule has 2 atom stereocenters. The van der Waals surface area contributed by atoms with E-state index in [4.69, 9.17) is 9.97 Å². The number of para-hydroxylation sites is 1. The van der Waals surface area contributed by atoms with Crippen LogP contribution < -0.4 is 20.4 Å². The van der Waals surface area contributed by atoms with Crippen LogP contribution in [0.5, 0.6) is 0 Å². The average Bonchev–Trinajstić information content (AvgIpc) is 3.42. The summed E-state index contributed by atoms with van der Waals surface area (Å²) in [7, 11) is 0. The number of hydrogen-bond donors (Lipinski definition) is 2. The summed E-state index contributed by atoms with van der Waals surface area (Å²) in [5.41, 5.74) is 4.47. The number of nitrogens with zero attached hydrogens (tertiary/aromatic N) is 4. The second-order valence-corrected chi connectivity index (χ2v) is 8.77. The van der Waals surface area contributed by atoms with Gasteiger partial charge in [0.1, 0.15) is 5.82 Å². The Bertz CT molecular complexity index is 1030. The van der Waals surface area contributed by atoms with Crippen molar-refractivity contribution in [1.29, 1.82) is 0 Å². The van der Waals surface area contributed by atoms with Crippen LogP contribution >= 0.6 is 0 Å². The van der Waals surface area contributed by atoms with Crippen LogP contribution in [0.1, 0.15) is 0 Å². The van der Waals surface area contributed by atoms with Gasteiger partial charge in [0.15, 0.2) is 0 Å². The third-order valence-electron chi connectivity index (χ3n) is 6.91. The van der Waals surface area contributed by atoms with Gasteiger partial charge in [-0.3, -0.25) is 0 Å². The number of benzene rings is 1. The van der Waals surface area contributed by atoms with Gasteiger partial charge >= 0.3 is 0 Å². The Morgan fingerprint density at radius 3 is 2.43 bits per heavy atom. The first-order valence-electron chi connectivity index (χ1n) is 11.1. The molecule has 6 rings (SSSR count). The second kappa shape index (κ2) is 7.52. The van der Waals surface area contributed by atoms with E-state index in [2.05, 4.69) is 62.9 Å². The summed E-state index contributed by atoms with van der Waals surface area (Å²) in [6, 6.07) is 15.1. The number of anilines is 2. The lowest BCUT2D eigenvalue weighted by Crippen LogP contribution is -2.43. The predicted molar refractivity (Wildman–Crippen MR) is 122 cm³/mol. The molecule has 5 heterocycles. The Morgan fingerprint density at radius 2 is 1.67 bits per heavy atom. The molecule has 2 N–H and O–H groups in total. The summed E-state index contributed by atoms with van der Waals surface area (Å²) in [6.45, 7) is 8.62. The molecule has 3 saturated heterocycles. The summed E-state index contributed by atoms with van der Waals surface area (Å²) in [4.78, 5) is 14.7. The largest absolute Gasteiger partial charge is 0.370 e. The molecule has 0 spiro atoms. The van der Waals surface area contributed by atoms with Crippen LogP contribution in [-0.2, 0) is 0 Å². The molecule has 1 aromatic carbocycles. The molecule has 0 aliphatic carbocycles. The molecule has 3 aromatic rings. The summed E-state index contributed by atoms with van der Waals surface area (Å²) < 4.78 is 0. The van der Waals surface area contributed by atoms with Gasteiger partial charge in [0, 0.05) is 75.2 Å². The van der Waals surface area contributed by atoms with E-state index in [-0.39, 0.29) is 0 Å². The third-order valence-corrected chi connectivity index (χ3v) is 6.91. The number of nitrogens with one attached hydrogen (secondary N) is 2. The standard InChI is InChI=1S/C24H28N6/c1-2-4-21-20(3-1)23(30-15-18-12-26-13-19(18)16-30)11-22(28-21)17-5-6-24(27-14-17)29-9-7-25-8-10-29/h1-6,11,14,18-19,25-26H,7-10,12-13,15-16H2. The quantitative estimate of drug-likeness (QED) is 0.704. The Hall–Kier alpha value is -2.70. The van der Waals surface area contributed by atoms with Crippen LogP contribution in [0.3, 0.4) is 0 Å². The van der Waals surface area contributed by atoms with Crippen molar-refractivity contribution in [3.05, 3.63) is 48.7 Å². The molecule has 6 nitrogen and oxygen atoms in total. The first-order valence-corrected chi connectivity index (χ1v) is 11.1. The number of aromatic nitrogens is 2. The Morgan fingerprint density at radius 1 is 0.867 bits per heavy atom. The zero-order valence-electron chi connectivity index (χ0n) is 17.2. The van der Waals surface area contributed by atoms with Crippen LogP contribution in [-0.4, -0.2) is 62.3 Å². The fourth-order valence-corrected chi connectivity index (χ4v) is 5.24. The molecule has 3 aliphatic rings. The van der Waals surface area contributed by atoms with Gasteiger partial charge in [-0.1, -0.05) is 18.2 Å². The molecular formula is C24H28N6. The van der Waals surface area contributed by atoms with Crippen molar-refractivity contribution >= 4 is 22.4 Å². The third kappa shape index (κ3) is 3.20. The molecule has 0 saturated carbocycles. The molecule has 3 fully saturated rings. The minimum absolute atomic E-state index is 0.764. The summed E-state index contributed by atoms with van der Waals surface area (Å²) in [5.74, 6) is 2.59. The lowest BCUT2D eigenvalue weighted by molar-refractivity contribution is 0.533.